The number of nitrogens with zero attached hydrogens (tertiary/aromatic N) is 2. The second-order valence-corrected chi connectivity index (χ2v) is 9.63. The lowest BCUT2D eigenvalue weighted by atomic mass is 9.92. The predicted molar refractivity (Wildman–Crippen MR) is 117 cm³/mol. The van der Waals surface area contributed by atoms with Crippen LogP contribution in [0.4, 0.5) is 0 Å². The van der Waals surface area contributed by atoms with Crippen LogP contribution >= 0.6 is 0 Å². The number of hydrogen-bond donors (Lipinski definition) is 3. The molecule has 0 saturated carbocycles. The molecule has 0 bridgehead atoms. The average molecular weight is 432 g/mol. The summed E-state index contributed by atoms with van der Waals surface area (Å²) < 4.78 is 0.959. The van der Waals surface area contributed by atoms with Crippen LogP contribution in [0.2, 0.25) is 0 Å². The molecule has 3 atom stereocenters. The van der Waals surface area contributed by atoms with Gasteiger partial charge in [-0.3, -0.25) is 14.4 Å². The van der Waals surface area contributed by atoms with Crippen molar-refractivity contribution in [3.63, 3.8) is 0 Å². The fraction of sp³-hybridized carbons (Fsp3) is 0.609. The Labute approximate surface area is 184 Å². The first-order chi connectivity index (χ1) is 14.7. The van der Waals surface area contributed by atoms with E-state index in [-0.39, 0.29) is 30.0 Å². The van der Waals surface area contributed by atoms with Crippen LogP contribution in [0.25, 0.3) is 0 Å². The van der Waals surface area contributed by atoms with Crippen molar-refractivity contribution in [2.45, 2.75) is 44.2 Å². The molecular formula is C23H35N4O4+. The molecular weight excluding hydrogens is 396 g/mol. The van der Waals surface area contributed by atoms with Crippen LogP contribution in [0.5, 0.6) is 5.75 Å². The zero-order valence-electron chi connectivity index (χ0n) is 18.8. The Bertz CT molecular complexity index is 803. The maximum Gasteiger partial charge on any atom is 0.243 e. The minimum Gasteiger partial charge on any atom is -0.508 e. The van der Waals surface area contributed by atoms with Crippen LogP contribution in [-0.4, -0.2) is 79.0 Å². The van der Waals surface area contributed by atoms with Gasteiger partial charge in [0.1, 0.15) is 11.8 Å². The number of phenols is 1. The highest BCUT2D eigenvalue weighted by atomic mass is 16.3. The van der Waals surface area contributed by atoms with Gasteiger partial charge in [0.25, 0.3) is 0 Å². The lowest BCUT2D eigenvalue weighted by Gasteiger charge is -2.34. The zero-order chi connectivity index (χ0) is 22.6. The number of quaternary nitrogens is 1. The average Bonchev–Trinajstić information content (AvgIpc) is 3.12. The molecule has 2 aliphatic rings. The van der Waals surface area contributed by atoms with E-state index in [0.29, 0.717) is 13.0 Å². The number of aromatic hydroxyl groups is 1. The van der Waals surface area contributed by atoms with Gasteiger partial charge in [0.05, 0.1) is 46.2 Å². The third-order valence-corrected chi connectivity index (χ3v) is 6.12. The Morgan fingerprint density at radius 2 is 1.81 bits per heavy atom. The van der Waals surface area contributed by atoms with E-state index in [1.807, 2.05) is 0 Å². The van der Waals surface area contributed by atoms with E-state index < -0.39 is 18.0 Å². The van der Waals surface area contributed by atoms with Gasteiger partial charge < -0.3 is 25.1 Å². The van der Waals surface area contributed by atoms with Gasteiger partial charge in [-0.15, -0.1) is 0 Å². The summed E-state index contributed by atoms with van der Waals surface area (Å²) in [5, 5.41) is 15.3. The number of amides is 3. The van der Waals surface area contributed by atoms with Crippen molar-refractivity contribution >= 4 is 17.7 Å². The molecule has 0 spiro atoms. The molecule has 0 aromatic heterocycles. The number of fused-ring (bicyclic) bond motifs is 1. The number of carbonyl (C=O) groups excluding carboxylic acids is 3. The van der Waals surface area contributed by atoms with Crippen LogP contribution in [0, 0.1) is 5.92 Å². The second kappa shape index (κ2) is 9.68. The number of benzene rings is 1. The molecule has 0 radical (unpaired) electrons. The summed E-state index contributed by atoms with van der Waals surface area (Å²) in [7, 11) is 6.56. The number of nitrogens with one attached hydrogen (secondary N) is 2. The highest BCUT2D eigenvalue weighted by molar-refractivity contribution is 5.97. The van der Waals surface area contributed by atoms with Gasteiger partial charge in [-0.1, -0.05) is 18.6 Å². The highest BCUT2D eigenvalue weighted by Crippen LogP contribution is 2.42. The monoisotopic (exact) mass is 431 g/mol. The summed E-state index contributed by atoms with van der Waals surface area (Å²) in [6.45, 7) is 1.68. The SMILES string of the molecule is C[N+](C)(C)CCCCCCNC(=O)[C@@H]1C[C@@H]2C(=O)NCC(=O)N2[C@@H]1c1ccc(O)cc1. The molecule has 3 amide bonds. The van der Waals surface area contributed by atoms with Crippen molar-refractivity contribution in [1.29, 1.82) is 0 Å². The lowest BCUT2D eigenvalue weighted by Crippen LogP contribution is -2.56. The van der Waals surface area contributed by atoms with Crippen LogP contribution < -0.4 is 10.6 Å². The first-order valence-corrected chi connectivity index (χ1v) is 11.1. The molecule has 2 heterocycles. The quantitative estimate of drug-likeness (QED) is 0.404. The van der Waals surface area contributed by atoms with Crippen molar-refractivity contribution in [3.05, 3.63) is 29.8 Å². The molecule has 8 heteroatoms. The number of hydrogen-bond acceptors (Lipinski definition) is 4. The summed E-state index contributed by atoms with van der Waals surface area (Å²) in [5.41, 5.74) is 0.754. The van der Waals surface area contributed by atoms with Gasteiger partial charge in [0.15, 0.2) is 0 Å². The fourth-order valence-corrected chi connectivity index (χ4v) is 4.53. The number of piperazine rings is 1. The molecule has 1 aromatic rings. The lowest BCUT2D eigenvalue weighted by molar-refractivity contribution is -0.870. The van der Waals surface area contributed by atoms with E-state index in [0.717, 1.165) is 42.3 Å². The van der Waals surface area contributed by atoms with Gasteiger partial charge in [-0.2, -0.15) is 0 Å². The van der Waals surface area contributed by atoms with E-state index in [9.17, 15) is 19.5 Å². The van der Waals surface area contributed by atoms with E-state index in [2.05, 4.69) is 31.8 Å². The summed E-state index contributed by atoms with van der Waals surface area (Å²) in [6.07, 6.45) is 4.57. The molecule has 2 saturated heterocycles. The second-order valence-electron chi connectivity index (χ2n) is 9.63. The number of carbonyl (C=O) groups is 3. The standard InChI is InChI=1S/C23H34N4O4/c1-27(2,3)13-7-5-4-6-12-24-22(30)18-14-19-23(31)25-15-20(29)26(19)21(18)16-8-10-17(28)11-9-16/h8-11,18-19,21H,4-7,12-15H2,1-3H3,(H2-,24,25,28,30,31)/p+1/t18-,19-,21-/m1/s1. The summed E-state index contributed by atoms with van der Waals surface area (Å²) in [4.78, 5) is 39.6. The molecule has 1 aromatic carbocycles. The summed E-state index contributed by atoms with van der Waals surface area (Å²) in [6, 6.07) is 5.39. The molecule has 2 aliphatic heterocycles. The predicted octanol–water partition coefficient (Wildman–Crippen LogP) is 1.16. The highest BCUT2D eigenvalue weighted by Gasteiger charge is 2.51. The van der Waals surface area contributed by atoms with Gasteiger partial charge >= 0.3 is 0 Å². The molecule has 0 unspecified atom stereocenters. The third-order valence-electron chi connectivity index (χ3n) is 6.12. The molecule has 2 fully saturated rings. The zero-order valence-corrected chi connectivity index (χ0v) is 18.8. The molecule has 31 heavy (non-hydrogen) atoms. The van der Waals surface area contributed by atoms with Gasteiger partial charge in [0.2, 0.25) is 17.7 Å². The van der Waals surface area contributed by atoms with Crippen LogP contribution in [-0.2, 0) is 14.4 Å². The topological polar surface area (TPSA) is 98.7 Å². The number of phenolic OH excluding ortho intramolecular Hbond substituents is 1. The van der Waals surface area contributed by atoms with Gasteiger partial charge in [0, 0.05) is 6.54 Å². The number of unbranched alkanes of at least 4 members (excludes halogenated alkanes) is 3. The first kappa shape index (κ1) is 23.1. The maximum absolute atomic E-state index is 13.0. The van der Waals surface area contributed by atoms with Crippen LogP contribution in [0.3, 0.4) is 0 Å². The Balaban J connectivity index is 1.61. The summed E-state index contributed by atoms with van der Waals surface area (Å²) >= 11 is 0. The van der Waals surface area contributed by atoms with Crippen molar-refractivity contribution in [2.24, 2.45) is 5.92 Å². The third kappa shape index (κ3) is 5.76. The van der Waals surface area contributed by atoms with E-state index in [1.54, 1.807) is 29.2 Å². The van der Waals surface area contributed by atoms with Crippen molar-refractivity contribution in [1.82, 2.24) is 15.5 Å². The van der Waals surface area contributed by atoms with Gasteiger partial charge in [-0.25, -0.2) is 0 Å². The van der Waals surface area contributed by atoms with Crippen molar-refractivity contribution in [2.75, 3.05) is 40.8 Å². The van der Waals surface area contributed by atoms with Gasteiger partial charge in [-0.05, 0) is 43.4 Å². The van der Waals surface area contributed by atoms with Crippen molar-refractivity contribution < 1.29 is 24.0 Å². The molecule has 8 nitrogen and oxygen atoms in total. The van der Waals surface area contributed by atoms with E-state index in [4.69, 9.17) is 0 Å². The molecule has 170 valence electrons. The molecule has 3 N–H and O–H groups in total. The molecule has 3 rings (SSSR count). The fourth-order valence-electron chi connectivity index (χ4n) is 4.53. The largest absolute Gasteiger partial charge is 0.508 e. The van der Waals surface area contributed by atoms with Crippen LogP contribution in [0.15, 0.2) is 24.3 Å². The Morgan fingerprint density at radius 3 is 2.48 bits per heavy atom. The maximum atomic E-state index is 13.0. The molecule has 0 aliphatic carbocycles. The number of rotatable bonds is 9. The minimum absolute atomic E-state index is 0.0501. The minimum atomic E-state index is -0.633. The normalized spacial score (nSPS) is 23.5. The van der Waals surface area contributed by atoms with Crippen LogP contribution in [0.1, 0.15) is 43.7 Å². The Kier molecular flexibility index (Phi) is 7.20. The van der Waals surface area contributed by atoms with E-state index >= 15 is 0 Å². The Morgan fingerprint density at radius 1 is 1.13 bits per heavy atom. The van der Waals surface area contributed by atoms with E-state index in [1.165, 1.54) is 0 Å². The van der Waals surface area contributed by atoms with Crippen molar-refractivity contribution in [3.8, 4) is 5.75 Å². The smallest absolute Gasteiger partial charge is 0.243 e. The summed E-state index contributed by atoms with van der Waals surface area (Å²) in [5.74, 6) is -0.904. The first-order valence-electron chi connectivity index (χ1n) is 11.1. The Hall–Kier alpha value is -2.61.